The number of halogens is 6. The molecule has 0 saturated heterocycles. The van der Waals surface area contributed by atoms with E-state index >= 15 is 0 Å². The van der Waals surface area contributed by atoms with Crippen LogP contribution in [0, 0.1) is 112 Å². The fourth-order valence-corrected chi connectivity index (χ4v) is 15.8. The quantitative estimate of drug-likeness (QED) is 0.0913. The molecule has 24 heteroatoms. The van der Waals surface area contributed by atoms with Gasteiger partial charge >= 0.3 is 12.4 Å². The monoisotopic (exact) mass is 2630 g/mol. The number of aryl methyl sites for hydroxylation is 6. The molecule has 5 aliphatic rings. The second kappa shape index (κ2) is 43.5. The summed E-state index contributed by atoms with van der Waals surface area (Å²) >= 11 is 0. The summed E-state index contributed by atoms with van der Waals surface area (Å²) in [4.78, 5) is 33.1. The Kier molecular flexibility index (Phi) is 32.6. The first-order chi connectivity index (χ1) is 61.2. The summed E-state index contributed by atoms with van der Waals surface area (Å²) < 4.78 is 82.1. The third-order valence-electron chi connectivity index (χ3n) is 21.9. The van der Waals surface area contributed by atoms with Gasteiger partial charge in [-0.3, -0.25) is 0 Å². The molecule has 5 radical (unpaired) electrons. The van der Waals surface area contributed by atoms with Crippen LogP contribution in [0.15, 0.2) is 346 Å². The van der Waals surface area contributed by atoms with Crippen molar-refractivity contribution in [2.75, 3.05) is 49.0 Å². The summed E-state index contributed by atoms with van der Waals surface area (Å²) in [6.07, 6.45) is -4.00. The number of rotatable bonds is 11. The van der Waals surface area contributed by atoms with Gasteiger partial charge in [-0.15, -0.1) is 61.8 Å². The van der Waals surface area contributed by atoms with E-state index in [4.69, 9.17) is 0 Å². The SMILES string of the molecule is Cc1c(-c2ccccc2)cccc1N1[CH-]N(c2[c-]cccc2)c2ncccc21.Cc1ccc2c(c1)N(c1[c-]cccc1)[CH-]N2c1ccccc1C.Cc1ccccc1N1[CH-]N(c2[c-]cccc2)c2cccc(C(F)(F)F)c21.Cc1ccccc1N1[CH-]N(c2[c-]cccc2)c2nccc(C(F)(F)F)c21.Cc1cnc2c(c1)N(c1[c-]cccc1)[CH-]N2c1ccccc1C.[Ir].[Ir].[Ir].[Ir].[Ir]. The molecule has 13 aromatic carbocycles. The topological polar surface area (TPSA) is 71.1 Å². The van der Waals surface area contributed by atoms with Crippen LogP contribution in [0.25, 0.3) is 11.1 Å². The van der Waals surface area contributed by atoms with Crippen molar-refractivity contribution in [3.8, 4) is 11.1 Å². The molecule has 0 spiro atoms. The van der Waals surface area contributed by atoms with Crippen molar-refractivity contribution < 1.29 is 127 Å². The van der Waals surface area contributed by atoms with Crippen LogP contribution in [0.3, 0.4) is 0 Å². The Balaban J connectivity index is 0.000000147. The molecule has 0 N–H and O–H groups in total. The number of anilines is 20. The van der Waals surface area contributed by atoms with Crippen molar-refractivity contribution in [2.45, 2.75) is 60.8 Å². The molecule has 21 rings (SSSR count). The second-order valence-electron chi connectivity index (χ2n) is 30.4. The second-order valence-corrected chi connectivity index (χ2v) is 30.4. The fraction of sp³-hybridized carbons (Fsp3) is 0.0841. The Morgan fingerprint density at radius 2 is 0.618 bits per heavy atom. The van der Waals surface area contributed by atoms with E-state index in [1.54, 1.807) is 75.4 Å². The van der Waals surface area contributed by atoms with E-state index in [1.807, 2.05) is 160 Å². The van der Waals surface area contributed by atoms with Crippen LogP contribution in [0.5, 0.6) is 0 Å². The van der Waals surface area contributed by atoms with E-state index in [0.29, 0.717) is 28.4 Å². The molecule has 5 aliphatic heterocycles. The van der Waals surface area contributed by atoms with Gasteiger partial charge in [-0.05, 0) is 177 Å². The van der Waals surface area contributed by atoms with Gasteiger partial charge in [-0.1, -0.05) is 127 Å². The molecule has 13 nitrogen and oxygen atoms in total. The molecule has 673 valence electrons. The minimum atomic E-state index is -4.49. The van der Waals surface area contributed by atoms with Crippen molar-refractivity contribution in [3.63, 3.8) is 0 Å². The number of para-hydroxylation sites is 10. The van der Waals surface area contributed by atoms with Crippen molar-refractivity contribution in [1.82, 2.24) is 15.0 Å². The van der Waals surface area contributed by atoms with Crippen LogP contribution in [0.4, 0.5) is 140 Å². The molecule has 0 saturated carbocycles. The average molecular weight is 2630 g/mol. The van der Waals surface area contributed by atoms with Crippen LogP contribution < -0.4 is 49.0 Å². The zero-order valence-electron chi connectivity index (χ0n) is 71.5. The van der Waals surface area contributed by atoms with Gasteiger partial charge in [0.1, 0.15) is 17.5 Å². The van der Waals surface area contributed by atoms with E-state index in [2.05, 4.69) is 263 Å². The number of benzene rings is 13. The summed E-state index contributed by atoms with van der Waals surface area (Å²) in [6.45, 7) is 24.0. The molecule has 0 unspecified atom stereocenters. The van der Waals surface area contributed by atoms with Gasteiger partial charge in [-0.25, -0.2) is 15.0 Å². The minimum Gasteiger partial charge on any atom is -0.493 e. The van der Waals surface area contributed by atoms with E-state index in [9.17, 15) is 26.3 Å². The molecule has 0 bridgehead atoms. The van der Waals surface area contributed by atoms with Gasteiger partial charge < -0.3 is 49.0 Å². The predicted octanol–water partition coefficient (Wildman–Crippen LogP) is 28.5. The Bertz CT molecular complexity index is 6220. The molecular formula is C107H83F6Ir5N13-10. The molecule has 0 aliphatic carbocycles. The number of hydrogen-bond acceptors (Lipinski definition) is 13. The summed E-state index contributed by atoms with van der Waals surface area (Å²) in [5, 5.41) is 0. The molecule has 0 atom stereocenters. The van der Waals surface area contributed by atoms with Crippen molar-refractivity contribution in [3.05, 3.63) is 460 Å². The third kappa shape index (κ3) is 21.0. The minimum absolute atomic E-state index is 0. The smallest absolute Gasteiger partial charge is 0.418 e. The maximum atomic E-state index is 13.7. The number of hydrogen-bond donors (Lipinski definition) is 0. The molecule has 8 heterocycles. The van der Waals surface area contributed by atoms with Gasteiger partial charge in [0.05, 0.1) is 28.2 Å². The number of nitrogens with zero attached hydrogens (tertiary/aromatic N) is 13. The number of alkyl halides is 6. The average Bonchev–Trinajstić information content (AvgIpc) is 1.59. The van der Waals surface area contributed by atoms with Gasteiger partial charge in [0.15, 0.2) is 0 Å². The zero-order chi connectivity index (χ0) is 87.2. The van der Waals surface area contributed by atoms with Crippen LogP contribution in [-0.2, 0) is 113 Å². The van der Waals surface area contributed by atoms with E-state index in [-0.39, 0.29) is 118 Å². The van der Waals surface area contributed by atoms with Crippen molar-refractivity contribution >= 4 is 114 Å². The van der Waals surface area contributed by atoms with Crippen molar-refractivity contribution in [1.29, 1.82) is 0 Å². The van der Waals surface area contributed by atoms with Gasteiger partial charge in [0, 0.05) is 170 Å². The predicted molar refractivity (Wildman–Crippen MR) is 496 cm³/mol. The van der Waals surface area contributed by atoms with Gasteiger partial charge in [-0.2, -0.15) is 178 Å². The molecule has 3 aromatic heterocycles. The van der Waals surface area contributed by atoms with Crippen LogP contribution >= 0.6 is 0 Å². The van der Waals surface area contributed by atoms with Gasteiger partial charge in [0.2, 0.25) is 0 Å². The van der Waals surface area contributed by atoms with E-state index in [0.717, 1.165) is 80.3 Å². The zero-order valence-corrected chi connectivity index (χ0v) is 83.5. The maximum Gasteiger partial charge on any atom is 0.418 e. The molecule has 0 amide bonds. The molecule has 16 aromatic rings. The number of fused-ring (bicyclic) bond motifs is 5. The molecule has 131 heavy (non-hydrogen) atoms. The number of aromatic nitrogens is 3. The largest absolute Gasteiger partial charge is 0.493 e. The maximum absolute atomic E-state index is 13.7. The molecule has 0 fully saturated rings. The van der Waals surface area contributed by atoms with Crippen molar-refractivity contribution in [2.24, 2.45) is 0 Å². The normalized spacial score (nSPS) is 12.9. The van der Waals surface area contributed by atoms with Crippen LogP contribution in [0.2, 0.25) is 0 Å². The van der Waals surface area contributed by atoms with E-state index < -0.39 is 23.5 Å². The summed E-state index contributed by atoms with van der Waals surface area (Å²) in [5.41, 5.74) is 23.3. The summed E-state index contributed by atoms with van der Waals surface area (Å²) in [6, 6.07) is 121. The van der Waals surface area contributed by atoms with Crippen LogP contribution in [0.1, 0.15) is 50.1 Å². The fourth-order valence-electron chi connectivity index (χ4n) is 15.8. The van der Waals surface area contributed by atoms with E-state index in [1.165, 1.54) is 62.7 Å². The van der Waals surface area contributed by atoms with Gasteiger partial charge in [0.25, 0.3) is 0 Å². The Morgan fingerprint density at radius 3 is 1.13 bits per heavy atom. The first-order valence-corrected chi connectivity index (χ1v) is 40.9. The first kappa shape index (κ1) is 98.2. The summed E-state index contributed by atoms with van der Waals surface area (Å²) in [5.74, 6) is 2.09. The third-order valence-corrected chi connectivity index (χ3v) is 21.9. The van der Waals surface area contributed by atoms with Crippen LogP contribution in [-0.4, -0.2) is 15.0 Å². The number of pyridine rings is 3. The summed E-state index contributed by atoms with van der Waals surface area (Å²) in [7, 11) is 0. The first-order valence-electron chi connectivity index (χ1n) is 40.9. The standard InChI is InChI=1S/C25H19N3.C21H15F3N2.C21H18N2.C20H14F3N3.C20H17N3.5Ir/c1-19-22(20-10-4-2-5-11-20)14-8-15-23(19)28-18-27(21-12-6-3-7-13-21)25-24(28)16-9-17-26-25;1-15-8-5-6-12-18(15)26-14-25(16-9-3-2-4-10-16)19-13-7-11-17(20(19)26)21(22,23)24;1-16-12-13-20-21(14-16)22(18-9-4-3-5-10-18)15-23(20)19-11-7-6-8-17(19)2;1-14-7-5-6-10-17(14)26-13-25(15-8-3-2-4-9-15)19-18(26)16(11-12-24-19)20(21,22)23;1-15-12-19-20(21-13-15)23(18-11-7-6-8-16(18)2)14-22(19)17-9-4-3-5-10-17;;;;;/h2-12,14-18H,1H3;2-9,11-14H,1H3;3-9,11-15H,1-2H3;2-8,10-13H,1H3;3-9,11-14H,1-2H3;;;;;/q5*-2;;;;;. The Morgan fingerprint density at radius 1 is 0.252 bits per heavy atom. The molecular weight excluding hydrogens is 2540 g/mol. The Labute approximate surface area is 829 Å². The Hall–Kier alpha value is -11.9.